The number of aryl methyl sites for hydroxylation is 1. The fraction of sp³-hybridized carbons (Fsp3) is 0.357. The van der Waals surface area contributed by atoms with Crippen LogP contribution in [-0.4, -0.2) is 9.78 Å². The Morgan fingerprint density at radius 2 is 2.06 bits per heavy atom. The Bertz CT molecular complexity index is 528. The maximum atomic E-state index is 6.24. The summed E-state index contributed by atoms with van der Waals surface area (Å²) in [7, 11) is 2.02. The summed E-state index contributed by atoms with van der Waals surface area (Å²) < 4.78 is 2.00. The standard InChI is InChI=1S/C14H17N3/c1-17-12-9-5-8-11(15)13(12)14(16-17)10-6-3-2-4-7-10/h2-4,6-7,11H,5,8-9,15H2,1H3. The molecule has 17 heavy (non-hydrogen) atoms. The third-order valence-corrected chi connectivity index (χ3v) is 3.55. The highest BCUT2D eigenvalue weighted by Crippen LogP contribution is 2.35. The van der Waals surface area contributed by atoms with Crippen LogP contribution in [0.1, 0.15) is 30.1 Å². The number of rotatable bonds is 1. The second-order valence-corrected chi connectivity index (χ2v) is 4.70. The summed E-state index contributed by atoms with van der Waals surface area (Å²) in [5, 5.41) is 4.65. The quantitative estimate of drug-likeness (QED) is 0.813. The molecule has 3 rings (SSSR count). The Labute approximate surface area is 101 Å². The third kappa shape index (κ3) is 1.67. The minimum atomic E-state index is 0.141. The molecule has 0 bridgehead atoms. The highest BCUT2D eigenvalue weighted by Gasteiger charge is 2.25. The zero-order chi connectivity index (χ0) is 11.8. The smallest absolute Gasteiger partial charge is 0.0973 e. The molecule has 0 saturated carbocycles. The first-order valence-corrected chi connectivity index (χ1v) is 6.14. The van der Waals surface area contributed by atoms with E-state index in [0.717, 1.165) is 18.5 Å². The SMILES string of the molecule is Cn1nc(-c2ccccc2)c2c1CCCC2N. The van der Waals surface area contributed by atoms with Crippen molar-refractivity contribution in [2.75, 3.05) is 0 Å². The first kappa shape index (κ1) is 10.5. The van der Waals surface area contributed by atoms with Crippen LogP contribution in [0, 0.1) is 0 Å². The second-order valence-electron chi connectivity index (χ2n) is 4.70. The first-order chi connectivity index (χ1) is 8.27. The largest absolute Gasteiger partial charge is 0.324 e. The molecule has 1 aromatic heterocycles. The maximum absolute atomic E-state index is 6.24. The first-order valence-electron chi connectivity index (χ1n) is 6.14. The van der Waals surface area contributed by atoms with Gasteiger partial charge in [0.1, 0.15) is 0 Å². The van der Waals surface area contributed by atoms with Crippen LogP contribution < -0.4 is 5.73 Å². The molecule has 1 heterocycles. The van der Waals surface area contributed by atoms with Gasteiger partial charge < -0.3 is 5.73 Å². The predicted molar refractivity (Wildman–Crippen MR) is 68.5 cm³/mol. The van der Waals surface area contributed by atoms with E-state index >= 15 is 0 Å². The monoisotopic (exact) mass is 227 g/mol. The van der Waals surface area contributed by atoms with E-state index in [1.54, 1.807) is 0 Å². The van der Waals surface area contributed by atoms with Gasteiger partial charge in [-0.3, -0.25) is 4.68 Å². The molecule has 1 atom stereocenters. The lowest BCUT2D eigenvalue weighted by Gasteiger charge is -2.19. The Hall–Kier alpha value is -1.61. The highest BCUT2D eigenvalue weighted by atomic mass is 15.3. The Morgan fingerprint density at radius 1 is 1.29 bits per heavy atom. The van der Waals surface area contributed by atoms with Crippen molar-refractivity contribution in [2.24, 2.45) is 12.8 Å². The van der Waals surface area contributed by atoms with Gasteiger partial charge >= 0.3 is 0 Å². The number of nitrogens with zero attached hydrogens (tertiary/aromatic N) is 2. The van der Waals surface area contributed by atoms with Gasteiger partial charge in [0.2, 0.25) is 0 Å². The van der Waals surface area contributed by atoms with Crippen molar-refractivity contribution in [3.05, 3.63) is 41.6 Å². The van der Waals surface area contributed by atoms with Crippen LogP contribution in [0.5, 0.6) is 0 Å². The van der Waals surface area contributed by atoms with Crippen molar-refractivity contribution in [1.82, 2.24) is 9.78 Å². The summed E-state index contributed by atoms with van der Waals surface area (Å²) in [6, 6.07) is 10.5. The van der Waals surface area contributed by atoms with Gasteiger partial charge in [0.05, 0.1) is 5.69 Å². The van der Waals surface area contributed by atoms with Gasteiger partial charge in [-0.05, 0) is 19.3 Å². The van der Waals surface area contributed by atoms with E-state index in [2.05, 4.69) is 17.2 Å². The van der Waals surface area contributed by atoms with Gasteiger partial charge in [-0.25, -0.2) is 0 Å². The van der Waals surface area contributed by atoms with E-state index in [-0.39, 0.29) is 6.04 Å². The normalized spacial score (nSPS) is 19.1. The highest BCUT2D eigenvalue weighted by molar-refractivity contribution is 5.65. The molecule has 0 saturated heterocycles. The molecule has 1 unspecified atom stereocenters. The topological polar surface area (TPSA) is 43.8 Å². The Balaban J connectivity index is 2.18. The van der Waals surface area contributed by atoms with Gasteiger partial charge in [0.25, 0.3) is 0 Å². The fourth-order valence-corrected chi connectivity index (χ4v) is 2.70. The molecule has 1 aliphatic carbocycles. The molecule has 1 aliphatic rings. The van der Waals surface area contributed by atoms with Crippen molar-refractivity contribution < 1.29 is 0 Å². The van der Waals surface area contributed by atoms with E-state index in [4.69, 9.17) is 5.73 Å². The number of hydrogen-bond donors (Lipinski definition) is 1. The molecule has 2 aromatic rings. The maximum Gasteiger partial charge on any atom is 0.0973 e. The van der Waals surface area contributed by atoms with E-state index in [0.29, 0.717) is 0 Å². The summed E-state index contributed by atoms with van der Waals surface area (Å²) >= 11 is 0. The molecule has 0 fully saturated rings. The zero-order valence-corrected chi connectivity index (χ0v) is 10.1. The number of aromatic nitrogens is 2. The van der Waals surface area contributed by atoms with Gasteiger partial charge in [-0.1, -0.05) is 30.3 Å². The molecule has 0 radical (unpaired) electrons. The molecule has 0 spiro atoms. The van der Waals surface area contributed by atoms with E-state index in [1.165, 1.54) is 23.2 Å². The Morgan fingerprint density at radius 3 is 2.82 bits per heavy atom. The minimum absolute atomic E-state index is 0.141. The number of hydrogen-bond acceptors (Lipinski definition) is 2. The van der Waals surface area contributed by atoms with Crippen LogP contribution in [0.4, 0.5) is 0 Å². The zero-order valence-electron chi connectivity index (χ0n) is 10.1. The van der Waals surface area contributed by atoms with Gasteiger partial charge in [0, 0.05) is 29.9 Å². The van der Waals surface area contributed by atoms with Crippen molar-refractivity contribution in [1.29, 1.82) is 0 Å². The molecule has 2 N–H and O–H groups in total. The third-order valence-electron chi connectivity index (χ3n) is 3.55. The summed E-state index contributed by atoms with van der Waals surface area (Å²) in [5.41, 5.74) is 11.0. The van der Waals surface area contributed by atoms with E-state index in [1.807, 2.05) is 29.9 Å². The molecule has 0 amide bonds. The van der Waals surface area contributed by atoms with Gasteiger partial charge in [-0.2, -0.15) is 5.10 Å². The Kier molecular flexibility index (Phi) is 2.48. The molecule has 3 heteroatoms. The van der Waals surface area contributed by atoms with Crippen molar-refractivity contribution >= 4 is 0 Å². The number of fused-ring (bicyclic) bond motifs is 1. The number of nitrogens with two attached hydrogens (primary N) is 1. The van der Waals surface area contributed by atoms with E-state index in [9.17, 15) is 0 Å². The molecule has 88 valence electrons. The number of benzene rings is 1. The van der Waals surface area contributed by atoms with Crippen molar-refractivity contribution in [3.8, 4) is 11.3 Å². The average Bonchev–Trinajstić information content (AvgIpc) is 2.70. The minimum Gasteiger partial charge on any atom is -0.324 e. The molecular formula is C14H17N3. The van der Waals surface area contributed by atoms with E-state index < -0.39 is 0 Å². The summed E-state index contributed by atoms with van der Waals surface area (Å²) in [6.45, 7) is 0. The lowest BCUT2D eigenvalue weighted by atomic mass is 9.90. The van der Waals surface area contributed by atoms with Crippen LogP contribution in [0.25, 0.3) is 11.3 Å². The van der Waals surface area contributed by atoms with Crippen LogP contribution in [0.3, 0.4) is 0 Å². The molecular weight excluding hydrogens is 210 g/mol. The van der Waals surface area contributed by atoms with Crippen LogP contribution in [0.15, 0.2) is 30.3 Å². The van der Waals surface area contributed by atoms with Crippen molar-refractivity contribution in [2.45, 2.75) is 25.3 Å². The van der Waals surface area contributed by atoms with Gasteiger partial charge in [0.15, 0.2) is 0 Å². The van der Waals surface area contributed by atoms with Crippen molar-refractivity contribution in [3.63, 3.8) is 0 Å². The summed E-state index contributed by atoms with van der Waals surface area (Å²) in [5.74, 6) is 0. The van der Waals surface area contributed by atoms with Crippen LogP contribution in [-0.2, 0) is 13.5 Å². The molecule has 3 nitrogen and oxygen atoms in total. The van der Waals surface area contributed by atoms with Crippen LogP contribution >= 0.6 is 0 Å². The van der Waals surface area contributed by atoms with Crippen LogP contribution in [0.2, 0.25) is 0 Å². The average molecular weight is 227 g/mol. The fourth-order valence-electron chi connectivity index (χ4n) is 2.70. The predicted octanol–water partition coefficient (Wildman–Crippen LogP) is 2.42. The summed E-state index contributed by atoms with van der Waals surface area (Å²) in [4.78, 5) is 0. The lowest BCUT2D eigenvalue weighted by molar-refractivity contribution is 0.548. The molecule has 0 aliphatic heterocycles. The summed E-state index contributed by atoms with van der Waals surface area (Å²) in [6.07, 6.45) is 3.33. The lowest BCUT2D eigenvalue weighted by Crippen LogP contribution is -2.18. The second kappa shape index (κ2) is 4.00. The molecule has 1 aromatic carbocycles. The van der Waals surface area contributed by atoms with Gasteiger partial charge in [-0.15, -0.1) is 0 Å².